The average molecular weight is 452 g/mol. The molecule has 3 heterocycles. The lowest BCUT2D eigenvalue weighted by Crippen LogP contribution is -2.27. The van der Waals surface area contributed by atoms with Crippen LogP contribution in [0.2, 0.25) is 0 Å². The van der Waals surface area contributed by atoms with E-state index in [2.05, 4.69) is 40.2 Å². The second kappa shape index (κ2) is 8.29. The number of alkyl halides is 2. The Morgan fingerprint density at radius 2 is 1.94 bits per heavy atom. The molecule has 0 radical (unpaired) electrons. The number of H-pyrrole nitrogens is 1. The molecule has 0 aliphatic carbocycles. The molecule has 15 heteroatoms. The number of fused-ring (bicyclic) bond motifs is 1. The minimum Gasteiger partial charge on any atom is -0.415 e. The van der Waals surface area contributed by atoms with Crippen molar-refractivity contribution >= 4 is 32.7 Å². The first-order valence-electron chi connectivity index (χ1n) is 8.66. The van der Waals surface area contributed by atoms with Gasteiger partial charge in [0, 0.05) is 24.6 Å². The van der Waals surface area contributed by atoms with Crippen LogP contribution in [0.15, 0.2) is 40.2 Å². The molecular weight excluding hydrogens is 438 g/mol. The van der Waals surface area contributed by atoms with E-state index in [-0.39, 0.29) is 41.0 Å². The molecule has 0 saturated carbocycles. The summed E-state index contributed by atoms with van der Waals surface area (Å²) in [5.74, 6) is -0.874. The van der Waals surface area contributed by atoms with Gasteiger partial charge in [0.05, 0.1) is 24.0 Å². The highest BCUT2D eigenvalue weighted by Crippen LogP contribution is 2.27. The first kappa shape index (κ1) is 20.7. The number of halogens is 2. The van der Waals surface area contributed by atoms with Gasteiger partial charge in [-0.15, -0.1) is 10.2 Å². The number of aliphatic hydroxyl groups is 1. The molecule has 0 fully saturated rings. The number of benzene rings is 1. The van der Waals surface area contributed by atoms with Crippen LogP contribution >= 0.6 is 0 Å². The van der Waals surface area contributed by atoms with E-state index in [9.17, 15) is 17.2 Å². The third-order valence-electron chi connectivity index (χ3n) is 3.96. The van der Waals surface area contributed by atoms with Crippen molar-refractivity contribution in [1.82, 2.24) is 34.9 Å². The predicted molar refractivity (Wildman–Crippen MR) is 102 cm³/mol. The zero-order valence-electron chi connectivity index (χ0n) is 15.5. The van der Waals surface area contributed by atoms with Crippen LogP contribution in [0.25, 0.3) is 22.5 Å². The Labute approximate surface area is 172 Å². The molecule has 0 aliphatic heterocycles. The molecule has 4 rings (SSSR count). The summed E-state index contributed by atoms with van der Waals surface area (Å²) in [6, 6.07) is 2.95. The molecule has 0 saturated heterocycles. The normalized spacial score (nSPS) is 12.0. The largest absolute Gasteiger partial charge is 0.415 e. The van der Waals surface area contributed by atoms with E-state index in [1.165, 1.54) is 24.8 Å². The van der Waals surface area contributed by atoms with Crippen molar-refractivity contribution in [2.45, 2.75) is 11.3 Å². The van der Waals surface area contributed by atoms with Gasteiger partial charge in [-0.1, -0.05) is 0 Å². The van der Waals surface area contributed by atoms with Crippen LogP contribution < -0.4 is 10.0 Å². The number of anilines is 2. The monoisotopic (exact) mass is 452 g/mol. The SMILES string of the molecule is O=S(=O)(NCCO)c1cc(Nc2ncc(-c3nnc(C(F)F)o3)cn2)cc2[nH]cnc12. The van der Waals surface area contributed by atoms with Crippen LogP contribution in [0.3, 0.4) is 0 Å². The van der Waals surface area contributed by atoms with Gasteiger partial charge >= 0.3 is 6.43 Å². The van der Waals surface area contributed by atoms with Gasteiger partial charge in [-0.25, -0.2) is 28.1 Å². The Hall–Kier alpha value is -3.56. The number of sulfonamides is 1. The molecule has 0 bridgehead atoms. The van der Waals surface area contributed by atoms with E-state index in [1.807, 2.05) is 0 Å². The van der Waals surface area contributed by atoms with Crippen molar-refractivity contribution in [2.24, 2.45) is 0 Å². The molecule has 4 N–H and O–H groups in total. The second-order valence-electron chi connectivity index (χ2n) is 6.06. The molecule has 0 atom stereocenters. The number of aliphatic hydroxyl groups excluding tert-OH is 1. The Morgan fingerprint density at radius 3 is 2.61 bits per heavy atom. The Kier molecular flexibility index (Phi) is 5.53. The highest BCUT2D eigenvalue weighted by molar-refractivity contribution is 7.89. The summed E-state index contributed by atoms with van der Waals surface area (Å²) in [5.41, 5.74) is 1.23. The Morgan fingerprint density at radius 1 is 1.16 bits per heavy atom. The van der Waals surface area contributed by atoms with Crippen LogP contribution in [-0.2, 0) is 10.0 Å². The lowest BCUT2D eigenvalue weighted by molar-refractivity contribution is 0.116. The fourth-order valence-corrected chi connectivity index (χ4v) is 3.84. The summed E-state index contributed by atoms with van der Waals surface area (Å²) in [6.45, 7) is -0.515. The van der Waals surface area contributed by atoms with Gasteiger partial charge in [0.25, 0.3) is 11.8 Å². The van der Waals surface area contributed by atoms with E-state index >= 15 is 0 Å². The molecular formula is C16H14F2N8O4S. The van der Waals surface area contributed by atoms with Crippen molar-refractivity contribution in [1.29, 1.82) is 0 Å². The van der Waals surface area contributed by atoms with Gasteiger partial charge < -0.3 is 19.8 Å². The van der Waals surface area contributed by atoms with Crippen LogP contribution in [0.5, 0.6) is 0 Å². The topological polar surface area (TPSA) is 172 Å². The molecule has 31 heavy (non-hydrogen) atoms. The molecule has 0 spiro atoms. The molecule has 162 valence electrons. The van der Waals surface area contributed by atoms with Gasteiger partial charge in [-0.2, -0.15) is 8.78 Å². The maximum atomic E-state index is 12.6. The lowest BCUT2D eigenvalue weighted by Gasteiger charge is -2.10. The lowest BCUT2D eigenvalue weighted by atomic mass is 10.2. The molecule has 0 aliphatic rings. The van der Waals surface area contributed by atoms with Crippen molar-refractivity contribution in [3.63, 3.8) is 0 Å². The Balaban J connectivity index is 1.61. The zero-order chi connectivity index (χ0) is 22.0. The average Bonchev–Trinajstić information content (AvgIpc) is 3.42. The molecule has 1 aromatic carbocycles. The third-order valence-corrected chi connectivity index (χ3v) is 5.44. The van der Waals surface area contributed by atoms with Gasteiger partial charge in [0.2, 0.25) is 16.0 Å². The molecule has 4 aromatic rings. The predicted octanol–water partition coefficient (Wildman–Crippen LogP) is 1.35. The zero-order valence-corrected chi connectivity index (χ0v) is 16.3. The van der Waals surface area contributed by atoms with Gasteiger partial charge in [0.1, 0.15) is 10.4 Å². The maximum Gasteiger partial charge on any atom is 0.314 e. The summed E-state index contributed by atoms with van der Waals surface area (Å²) < 4.78 is 57.3. The molecule has 12 nitrogen and oxygen atoms in total. The molecule has 0 unspecified atom stereocenters. The molecule has 0 amide bonds. The summed E-state index contributed by atoms with van der Waals surface area (Å²) >= 11 is 0. The smallest absolute Gasteiger partial charge is 0.314 e. The van der Waals surface area contributed by atoms with Crippen LogP contribution in [-0.4, -0.2) is 56.8 Å². The molecule has 3 aromatic heterocycles. The van der Waals surface area contributed by atoms with E-state index in [4.69, 9.17) is 9.52 Å². The van der Waals surface area contributed by atoms with Crippen molar-refractivity contribution in [2.75, 3.05) is 18.5 Å². The Bertz CT molecular complexity index is 1310. The second-order valence-corrected chi connectivity index (χ2v) is 7.80. The number of nitrogens with zero attached hydrogens (tertiary/aromatic N) is 5. The summed E-state index contributed by atoms with van der Waals surface area (Å²) in [6.07, 6.45) is 1.03. The van der Waals surface area contributed by atoms with Crippen molar-refractivity contribution < 1.29 is 26.7 Å². The first-order valence-corrected chi connectivity index (χ1v) is 10.1. The van der Waals surface area contributed by atoms with Crippen molar-refractivity contribution in [3.05, 3.63) is 36.7 Å². The minimum atomic E-state index is -3.94. The van der Waals surface area contributed by atoms with E-state index in [0.29, 0.717) is 11.2 Å². The number of hydrogen-bond donors (Lipinski definition) is 4. The van der Waals surface area contributed by atoms with Crippen LogP contribution in [0.1, 0.15) is 12.3 Å². The minimum absolute atomic E-state index is 0.0999. The maximum absolute atomic E-state index is 12.6. The van der Waals surface area contributed by atoms with Crippen LogP contribution in [0.4, 0.5) is 20.4 Å². The fraction of sp³-hybridized carbons (Fsp3) is 0.188. The number of aromatic amines is 1. The number of nitrogens with one attached hydrogen (secondary N) is 3. The standard InChI is InChI=1S/C16H14F2N8O4S/c17-13(18)15-26-25-14(30-15)8-5-19-16(20-6-8)24-9-3-10-12(22-7-21-10)11(4-9)31(28,29)23-1-2-27/h3-7,13,23,27H,1-2H2,(H,21,22)(H,19,20,24). The number of imidazole rings is 1. The van der Waals surface area contributed by atoms with Gasteiger partial charge in [-0.3, -0.25) is 0 Å². The van der Waals surface area contributed by atoms with Gasteiger partial charge in [0.15, 0.2) is 0 Å². The summed E-state index contributed by atoms with van der Waals surface area (Å²) in [5, 5.41) is 18.5. The fourth-order valence-electron chi connectivity index (χ4n) is 2.62. The highest BCUT2D eigenvalue weighted by atomic mass is 32.2. The van der Waals surface area contributed by atoms with Crippen LogP contribution in [0, 0.1) is 0 Å². The summed E-state index contributed by atoms with van der Waals surface area (Å²) in [4.78, 5) is 14.9. The summed E-state index contributed by atoms with van der Waals surface area (Å²) in [7, 11) is -3.94. The highest BCUT2D eigenvalue weighted by Gasteiger charge is 2.21. The van der Waals surface area contributed by atoms with Gasteiger partial charge in [-0.05, 0) is 12.1 Å². The number of hydrogen-bond acceptors (Lipinski definition) is 10. The first-order chi connectivity index (χ1) is 14.9. The number of rotatable bonds is 8. The van der Waals surface area contributed by atoms with E-state index in [1.54, 1.807) is 6.07 Å². The quantitative estimate of drug-likeness (QED) is 0.306. The number of aromatic nitrogens is 6. The van der Waals surface area contributed by atoms with Crippen molar-refractivity contribution in [3.8, 4) is 11.5 Å². The van der Waals surface area contributed by atoms with E-state index < -0.39 is 22.3 Å². The van der Waals surface area contributed by atoms with E-state index in [0.717, 1.165) is 0 Å². The third kappa shape index (κ3) is 4.32.